The summed E-state index contributed by atoms with van der Waals surface area (Å²) in [6, 6.07) is 6.28. The Morgan fingerprint density at radius 3 is 2.45 bits per heavy atom. The predicted molar refractivity (Wildman–Crippen MR) is 116 cm³/mol. The number of aliphatic hydroxyl groups excluding tert-OH is 1. The summed E-state index contributed by atoms with van der Waals surface area (Å²) >= 11 is 0. The first-order valence-corrected chi connectivity index (χ1v) is 11.6. The number of β-amino-alcohol motifs (C(OH)–C–C–N with tert-alkyl or cyclic N) is 1. The van der Waals surface area contributed by atoms with Crippen molar-refractivity contribution in [2.24, 2.45) is 0 Å². The fourth-order valence-electron chi connectivity index (χ4n) is 5.11. The van der Waals surface area contributed by atoms with Gasteiger partial charge in [-0.1, -0.05) is 25.3 Å². The summed E-state index contributed by atoms with van der Waals surface area (Å²) in [5.41, 5.74) is 1.78. The molecule has 1 aromatic carbocycles. The van der Waals surface area contributed by atoms with Gasteiger partial charge < -0.3 is 19.5 Å². The van der Waals surface area contributed by atoms with Gasteiger partial charge in [-0.2, -0.15) is 0 Å². The van der Waals surface area contributed by atoms with Crippen LogP contribution < -0.4 is 9.47 Å². The molecule has 0 aromatic heterocycles. The number of rotatable bonds is 8. The summed E-state index contributed by atoms with van der Waals surface area (Å²) in [4.78, 5) is 5.05. The molecule has 1 saturated carbocycles. The molecule has 162 valence electrons. The molecule has 3 aliphatic rings. The summed E-state index contributed by atoms with van der Waals surface area (Å²) in [5.74, 6) is 1.50. The molecule has 2 heterocycles. The minimum atomic E-state index is -0.472. The molecule has 29 heavy (non-hydrogen) atoms. The zero-order chi connectivity index (χ0) is 20.1. The van der Waals surface area contributed by atoms with Crippen molar-refractivity contribution in [1.82, 2.24) is 9.80 Å². The quantitative estimate of drug-likeness (QED) is 0.716. The van der Waals surface area contributed by atoms with Crippen molar-refractivity contribution in [3.63, 3.8) is 0 Å². The molecule has 1 atom stereocenters. The molecule has 3 fully saturated rings. The van der Waals surface area contributed by atoms with Crippen LogP contribution in [0.15, 0.2) is 18.2 Å². The van der Waals surface area contributed by atoms with Gasteiger partial charge in [0.2, 0.25) is 0 Å². The van der Waals surface area contributed by atoms with E-state index < -0.39 is 6.10 Å². The molecule has 0 radical (unpaired) electrons. The highest BCUT2D eigenvalue weighted by molar-refractivity contribution is 5.43. The van der Waals surface area contributed by atoms with E-state index in [1.165, 1.54) is 69.9 Å². The Hall–Kier alpha value is -1.30. The predicted octanol–water partition coefficient (Wildman–Crippen LogP) is 3.83. The van der Waals surface area contributed by atoms with Crippen LogP contribution >= 0.6 is 0 Å². The van der Waals surface area contributed by atoms with Gasteiger partial charge in [-0.15, -0.1) is 0 Å². The maximum Gasteiger partial charge on any atom is 0.161 e. The van der Waals surface area contributed by atoms with Gasteiger partial charge in [0.1, 0.15) is 12.7 Å². The van der Waals surface area contributed by atoms with E-state index in [1.54, 1.807) is 7.11 Å². The Balaban J connectivity index is 1.30. The van der Waals surface area contributed by atoms with Crippen molar-refractivity contribution in [3.05, 3.63) is 23.8 Å². The first-order valence-electron chi connectivity index (χ1n) is 11.6. The van der Waals surface area contributed by atoms with E-state index in [0.29, 0.717) is 18.7 Å². The molecule has 2 aliphatic heterocycles. The molecule has 4 rings (SSSR count). The number of hydrogen-bond acceptors (Lipinski definition) is 5. The van der Waals surface area contributed by atoms with Crippen molar-refractivity contribution >= 4 is 0 Å². The Morgan fingerprint density at radius 2 is 1.72 bits per heavy atom. The van der Waals surface area contributed by atoms with Crippen LogP contribution in [0.2, 0.25) is 0 Å². The van der Waals surface area contributed by atoms with Gasteiger partial charge in [-0.05, 0) is 75.9 Å². The molecule has 1 N–H and O–H groups in total. The fourth-order valence-corrected chi connectivity index (χ4v) is 5.11. The van der Waals surface area contributed by atoms with Crippen molar-refractivity contribution in [2.45, 2.75) is 76.0 Å². The third-order valence-corrected chi connectivity index (χ3v) is 7.02. The summed E-state index contributed by atoms with van der Waals surface area (Å²) in [6.07, 6.45) is 11.4. The van der Waals surface area contributed by atoms with Crippen molar-refractivity contribution in [3.8, 4) is 11.5 Å². The lowest BCUT2D eigenvalue weighted by Gasteiger charge is -2.36. The van der Waals surface area contributed by atoms with Crippen molar-refractivity contribution < 1.29 is 14.6 Å². The largest absolute Gasteiger partial charge is 0.493 e. The van der Waals surface area contributed by atoms with E-state index in [4.69, 9.17) is 9.47 Å². The summed E-state index contributed by atoms with van der Waals surface area (Å²) in [6.45, 7) is 5.39. The highest BCUT2D eigenvalue weighted by Crippen LogP contribution is 2.49. The Labute approximate surface area is 176 Å². The van der Waals surface area contributed by atoms with Crippen LogP contribution in [-0.2, 0) is 6.54 Å². The Morgan fingerprint density at radius 1 is 0.966 bits per heavy atom. The average molecular weight is 403 g/mol. The zero-order valence-electron chi connectivity index (χ0n) is 18.1. The Kier molecular flexibility index (Phi) is 6.99. The van der Waals surface area contributed by atoms with Crippen LogP contribution in [-0.4, -0.2) is 66.4 Å². The normalized spacial score (nSPS) is 23.5. The van der Waals surface area contributed by atoms with Gasteiger partial charge in [0.25, 0.3) is 0 Å². The van der Waals surface area contributed by atoms with Gasteiger partial charge in [0, 0.05) is 18.6 Å². The molecular weight excluding hydrogens is 364 g/mol. The lowest BCUT2D eigenvalue weighted by Crippen LogP contribution is -2.40. The molecule has 1 spiro atoms. The first-order chi connectivity index (χ1) is 14.2. The molecule has 0 bridgehead atoms. The second-order valence-corrected chi connectivity index (χ2v) is 9.27. The third-order valence-electron chi connectivity index (χ3n) is 7.02. The van der Waals surface area contributed by atoms with Gasteiger partial charge in [0.05, 0.1) is 7.11 Å². The monoisotopic (exact) mass is 402 g/mol. The van der Waals surface area contributed by atoms with E-state index >= 15 is 0 Å². The number of methoxy groups -OCH3 is 1. The lowest BCUT2D eigenvalue weighted by atomic mass is 9.99. The number of hydrogen-bond donors (Lipinski definition) is 1. The van der Waals surface area contributed by atoms with Crippen molar-refractivity contribution in [2.75, 3.05) is 39.9 Å². The molecule has 1 aliphatic carbocycles. The average Bonchev–Trinajstić information content (AvgIpc) is 3.54. The lowest BCUT2D eigenvalue weighted by molar-refractivity contribution is 0.0683. The minimum absolute atomic E-state index is 0.307. The molecule has 2 saturated heterocycles. The molecule has 0 amide bonds. The molecule has 5 nitrogen and oxygen atoms in total. The van der Waals surface area contributed by atoms with Crippen LogP contribution in [0, 0.1) is 0 Å². The van der Waals surface area contributed by atoms with Gasteiger partial charge in [-0.3, -0.25) is 4.90 Å². The SMILES string of the molecule is COc1cc(CN2CCCCC23CC3)ccc1OC[C@@H](O)CN1CCCCCC1. The second-order valence-electron chi connectivity index (χ2n) is 9.27. The highest BCUT2D eigenvalue weighted by Gasteiger charge is 2.48. The van der Waals surface area contributed by atoms with Crippen LogP contribution in [0.25, 0.3) is 0 Å². The van der Waals surface area contributed by atoms with Gasteiger partial charge in [-0.25, -0.2) is 0 Å². The minimum Gasteiger partial charge on any atom is -0.493 e. The number of piperidine rings is 1. The number of benzene rings is 1. The number of aliphatic hydroxyl groups is 1. The van der Waals surface area contributed by atoms with Crippen LogP contribution in [0.4, 0.5) is 0 Å². The smallest absolute Gasteiger partial charge is 0.161 e. The molecule has 1 aromatic rings. The summed E-state index contributed by atoms with van der Waals surface area (Å²) in [7, 11) is 1.70. The fraction of sp³-hybridized carbons (Fsp3) is 0.750. The van der Waals surface area contributed by atoms with E-state index in [-0.39, 0.29) is 0 Å². The number of ether oxygens (including phenoxy) is 2. The topological polar surface area (TPSA) is 45.2 Å². The second kappa shape index (κ2) is 9.67. The third kappa shape index (κ3) is 5.44. The molecular formula is C24H38N2O3. The van der Waals surface area contributed by atoms with E-state index in [2.05, 4.69) is 21.9 Å². The van der Waals surface area contributed by atoms with Crippen LogP contribution in [0.5, 0.6) is 11.5 Å². The van der Waals surface area contributed by atoms with Crippen LogP contribution in [0.3, 0.4) is 0 Å². The number of likely N-dealkylation sites (tertiary alicyclic amines) is 2. The molecule has 0 unspecified atom stereocenters. The summed E-state index contributed by atoms with van der Waals surface area (Å²) in [5, 5.41) is 10.4. The first kappa shape index (κ1) is 21.0. The molecule has 5 heteroatoms. The summed E-state index contributed by atoms with van der Waals surface area (Å²) < 4.78 is 11.6. The standard InChI is InChI=1S/C24H38N2O3/c1-28-23-16-20(17-26-15-7-4-10-24(26)11-12-24)8-9-22(23)29-19-21(27)18-25-13-5-2-3-6-14-25/h8-9,16,21,27H,2-7,10-15,17-19H2,1H3/t21-/m0/s1. The van der Waals surface area contributed by atoms with Gasteiger partial charge in [0.15, 0.2) is 11.5 Å². The highest BCUT2D eigenvalue weighted by atomic mass is 16.5. The van der Waals surface area contributed by atoms with Crippen LogP contribution in [0.1, 0.15) is 63.4 Å². The maximum absolute atomic E-state index is 10.4. The van der Waals surface area contributed by atoms with E-state index in [0.717, 1.165) is 31.1 Å². The Bertz CT molecular complexity index is 654. The van der Waals surface area contributed by atoms with E-state index in [1.807, 2.05) is 6.07 Å². The zero-order valence-corrected chi connectivity index (χ0v) is 18.1. The number of nitrogens with zero attached hydrogens (tertiary/aromatic N) is 2. The van der Waals surface area contributed by atoms with E-state index in [9.17, 15) is 5.11 Å². The van der Waals surface area contributed by atoms with Gasteiger partial charge >= 0.3 is 0 Å². The van der Waals surface area contributed by atoms with Crippen molar-refractivity contribution in [1.29, 1.82) is 0 Å². The maximum atomic E-state index is 10.4.